The van der Waals surface area contributed by atoms with E-state index in [2.05, 4.69) is 9.97 Å². The standard InChI is InChI=1S/C21H19N3O6/c1-2-29-17-12-14(8-10-16(17)30-13-15-6-4-3-5-7-15)9-11-18-22-20(25)19(24(27)28)21(26)23-18/h3-12H,2,13H2,1H3,(H2,22,23,25,26)/b11-9-. The number of benzene rings is 2. The summed E-state index contributed by atoms with van der Waals surface area (Å²) in [5, 5.41) is 20.3. The molecule has 3 rings (SSSR count). The Morgan fingerprint density at radius 3 is 2.57 bits per heavy atom. The number of nitrogens with one attached hydrogen (secondary N) is 1. The maximum absolute atomic E-state index is 11.7. The number of nitro groups is 1. The first-order valence-electron chi connectivity index (χ1n) is 9.07. The second-order valence-electron chi connectivity index (χ2n) is 6.13. The van der Waals surface area contributed by atoms with Gasteiger partial charge in [-0.3, -0.25) is 14.9 Å². The average molecular weight is 409 g/mol. The van der Waals surface area contributed by atoms with E-state index in [1.807, 2.05) is 37.3 Å². The van der Waals surface area contributed by atoms with Crippen molar-refractivity contribution in [2.75, 3.05) is 6.61 Å². The predicted octanol–water partition coefficient (Wildman–Crippen LogP) is 3.53. The Morgan fingerprint density at radius 2 is 1.90 bits per heavy atom. The van der Waals surface area contributed by atoms with Gasteiger partial charge >= 0.3 is 11.2 Å². The SMILES string of the molecule is CCOc1cc(/C=C\c2nc(O)c([N+](=O)[O-])c(=O)[nH]2)ccc1OCc1ccccc1. The highest BCUT2D eigenvalue weighted by Gasteiger charge is 2.21. The third-order valence-electron chi connectivity index (χ3n) is 4.02. The lowest BCUT2D eigenvalue weighted by Crippen LogP contribution is -2.14. The summed E-state index contributed by atoms with van der Waals surface area (Å²) in [5.41, 5.74) is -0.291. The highest BCUT2D eigenvalue weighted by atomic mass is 16.6. The number of hydrogen-bond donors (Lipinski definition) is 2. The summed E-state index contributed by atoms with van der Waals surface area (Å²) >= 11 is 0. The topological polar surface area (TPSA) is 128 Å². The highest BCUT2D eigenvalue weighted by molar-refractivity contribution is 5.68. The Morgan fingerprint density at radius 1 is 1.13 bits per heavy atom. The van der Waals surface area contributed by atoms with E-state index in [9.17, 15) is 20.0 Å². The maximum atomic E-state index is 11.7. The second kappa shape index (κ2) is 9.37. The monoisotopic (exact) mass is 409 g/mol. The third-order valence-corrected chi connectivity index (χ3v) is 4.02. The zero-order valence-corrected chi connectivity index (χ0v) is 16.1. The van der Waals surface area contributed by atoms with Gasteiger partial charge in [0.15, 0.2) is 11.5 Å². The van der Waals surface area contributed by atoms with Crippen LogP contribution >= 0.6 is 0 Å². The molecule has 0 fully saturated rings. The van der Waals surface area contributed by atoms with Crippen molar-refractivity contribution in [3.05, 3.63) is 86.0 Å². The van der Waals surface area contributed by atoms with E-state index in [-0.39, 0.29) is 5.82 Å². The van der Waals surface area contributed by atoms with Crippen LogP contribution in [0.2, 0.25) is 0 Å². The number of ether oxygens (including phenoxy) is 2. The van der Waals surface area contributed by atoms with Crippen LogP contribution in [0.25, 0.3) is 12.2 Å². The molecule has 1 aromatic heterocycles. The fourth-order valence-corrected chi connectivity index (χ4v) is 2.64. The molecule has 0 unspecified atom stereocenters. The fourth-order valence-electron chi connectivity index (χ4n) is 2.64. The second-order valence-corrected chi connectivity index (χ2v) is 6.13. The molecule has 0 aliphatic rings. The number of H-pyrrole nitrogens is 1. The first-order valence-corrected chi connectivity index (χ1v) is 9.07. The van der Waals surface area contributed by atoms with Gasteiger partial charge in [-0.05, 0) is 36.3 Å². The molecule has 3 aromatic rings. The summed E-state index contributed by atoms with van der Waals surface area (Å²) in [4.78, 5) is 27.4. The molecule has 0 saturated carbocycles. The Hall–Kier alpha value is -4.14. The van der Waals surface area contributed by atoms with Gasteiger partial charge in [0.2, 0.25) is 0 Å². The molecule has 0 aliphatic heterocycles. The van der Waals surface area contributed by atoms with Gasteiger partial charge in [-0.1, -0.05) is 42.5 Å². The summed E-state index contributed by atoms with van der Waals surface area (Å²) in [6.07, 6.45) is 3.04. The van der Waals surface area contributed by atoms with Crippen LogP contribution in [0.15, 0.2) is 53.3 Å². The zero-order valence-electron chi connectivity index (χ0n) is 16.1. The van der Waals surface area contributed by atoms with Crippen LogP contribution in [0.4, 0.5) is 5.69 Å². The van der Waals surface area contributed by atoms with E-state index in [1.165, 1.54) is 6.08 Å². The van der Waals surface area contributed by atoms with Crippen LogP contribution in [0.3, 0.4) is 0 Å². The van der Waals surface area contributed by atoms with Gasteiger partial charge in [-0.15, -0.1) is 0 Å². The van der Waals surface area contributed by atoms with Crippen LogP contribution in [0.5, 0.6) is 17.4 Å². The maximum Gasteiger partial charge on any atom is 0.395 e. The van der Waals surface area contributed by atoms with Crippen molar-refractivity contribution in [1.29, 1.82) is 0 Å². The molecule has 0 radical (unpaired) electrons. The number of nitrogens with zero attached hydrogens (tertiary/aromatic N) is 2. The molecule has 154 valence electrons. The van der Waals surface area contributed by atoms with Gasteiger partial charge in [-0.25, -0.2) is 0 Å². The predicted molar refractivity (Wildman–Crippen MR) is 110 cm³/mol. The number of aromatic nitrogens is 2. The largest absolute Gasteiger partial charge is 0.490 e. The van der Waals surface area contributed by atoms with Crippen molar-refractivity contribution in [1.82, 2.24) is 9.97 Å². The smallest absolute Gasteiger partial charge is 0.395 e. The summed E-state index contributed by atoms with van der Waals surface area (Å²) < 4.78 is 11.5. The first-order chi connectivity index (χ1) is 14.5. The van der Waals surface area contributed by atoms with Crippen molar-refractivity contribution < 1.29 is 19.5 Å². The zero-order chi connectivity index (χ0) is 21.5. The molecule has 0 bridgehead atoms. The molecule has 0 amide bonds. The fraction of sp³-hybridized carbons (Fsp3) is 0.143. The van der Waals surface area contributed by atoms with Gasteiger partial charge in [-0.2, -0.15) is 4.98 Å². The molecule has 0 spiro atoms. The molecule has 9 nitrogen and oxygen atoms in total. The number of aromatic hydroxyl groups is 1. The normalized spacial score (nSPS) is 10.8. The van der Waals surface area contributed by atoms with Crippen LogP contribution < -0.4 is 15.0 Å². The van der Waals surface area contributed by atoms with Crippen molar-refractivity contribution in [3.8, 4) is 17.4 Å². The average Bonchev–Trinajstić information content (AvgIpc) is 2.72. The van der Waals surface area contributed by atoms with Crippen LogP contribution in [0.1, 0.15) is 23.9 Å². The molecule has 30 heavy (non-hydrogen) atoms. The molecule has 0 atom stereocenters. The lowest BCUT2D eigenvalue weighted by atomic mass is 10.2. The Balaban J connectivity index is 1.80. The lowest BCUT2D eigenvalue weighted by Gasteiger charge is -2.12. The van der Waals surface area contributed by atoms with Crippen LogP contribution in [-0.2, 0) is 6.61 Å². The van der Waals surface area contributed by atoms with E-state index in [0.29, 0.717) is 30.3 Å². The minimum atomic E-state index is -1.04. The minimum Gasteiger partial charge on any atom is -0.490 e. The summed E-state index contributed by atoms with van der Waals surface area (Å²) in [5.74, 6) is 0.162. The van der Waals surface area contributed by atoms with Crippen LogP contribution in [0, 0.1) is 10.1 Å². The summed E-state index contributed by atoms with van der Waals surface area (Å²) in [6.45, 7) is 2.70. The Labute approximate surface area is 171 Å². The molecule has 2 aromatic carbocycles. The van der Waals surface area contributed by atoms with E-state index in [4.69, 9.17) is 9.47 Å². The molecule has 9 heteroatoms. The van der Waals surface area contributed by atoms with E-state index >= 15 is 0 Å². The molecule has 2 N–H and O–H groups in total. The van der Waals surface area contributed by atoms with Gasteiger partial charge in [0.1, 0.15) is 12.4 Å². The van der Waals surface area contributed by atoms with Crippen molar-refractivity contribution in [3.63, 3.8) is 0 Å². The number of rotatable bonds is 8. The Bertz CT molecular complexity index is 1130. The minimum absolute atomic E-state index is 0.0227. The highest BCUT2D eigenvalue weighted by Crippen LogP contribution is 2.30. The summed E-state index contributed by atoms with van der Waals surface area (Å²) in [6, 6.07) is 15.0. The molecular formula is C21H19N3O6. The van der Waals surface area contributed by atoms with Crippen molar-refractivity contribution >= 4 is 17.8 Å². The van der Waals surface area contributed by atoms with Crippen molar-refractivity contribution in [2.24, 2.45) is 0 Å². The Kier molecular flexibility index (Phi) is 6.43. The van der Waals surface area contributed by atoms with E-state index in [1.54, 1.807) is 24.3 Å². The van der Waals surface area contributed by atoms with Crippen molar-refractivity contribution in [2.45, 2.75) is 13.5 Å². The number of aromatic amines is 1. The van der Waals surface area contributed by atoms with Gasteiger partial charge < -0.3 is 19.6 Å². The summed E-state index contributed by atoms with van der Waals surface area (Å²) in [7, 11) is 0. The van der Waals surface area contributed by atoms with E-state index < -0.39 is 22.0 Å². The van der Waals surface area contributed by atoms with Gasteiger partial charge in [0.25, 0.3) is 5.88 Å². The van der Waals surface area contributed by atoms with Gasteiger partial charge in [0, 0.05) is 0 Å². The third kappa shape index (κ3) is 5.02. The quantitative estimate of drug-likeness (QED) is 0.430. The van der Waals surface area contributed by atoms with Gasteiger partial charge in [0.05, 0.1) is 11.5 Å². The molecule has 1 heterocycles. The van der Waals surface area contributed by atoms with Crippen LogP contribution in [-0.4, -0.2) is 26.6 Å². The van der Waals surface area contributed by atoms with E-state index in [0.717, 1.165) is 5.56 Å². The first kappa shape index (κ1) is 20.6. The lowest BCUT2D eigenvalue weighted by molar-refractivity contribution is -0.387. The molecule has 0 saturated heterocycles. The molecule has 0 aliphatic carbocycles. The molecular weight excluding hydrogens is 390 g/mol. The number of hydrogen-bond acceptors (Lipinski definition) is 7.